The largest absolute Gasteiger partial charge is 0.350 e. The number of rotatable bonds is 6. The van der Waals surface area contributed by atoms with Gasteiger partial charge in [-0.05, 0) is 49.2 Å². The van der Waals surface area contributed by atoms with Gasteiger partial charge in [-0.3, -0.25) is 19.3 Å². The molecule has 1 N–H and O–H groups in total. The van der Waals surface area contributed by atoms with E-state index in [1.807, 2.05) is 35.9 Å². The monoisotopic (exact) mass is 454 g/mol. The van der Waals surface area contributed by atoms with Crippen molar-refractivity contribution in [2.75, 3.05) is 6.54 Å². The molecule has 2 aromatic heterocycles. The summed E-state index contributed by atoms with van der Waals surface area (Å²) in [5, 5.41) is 2.84. The molecular weight excluding hydrogens is 436 g/mol. The molecule has 3 amide bonds. The number of carbonyl (C=O) groups is 3. The Hall–Kier alpha value is -3.00. The quantitative estimate of drug-likeness (QED) is 0.580. The van der Waals surface area contributed by atoms with Crippen LogP contribution < -0.4 is 5.32 Å². The molecule has 0 radical (unpaired) electrons. The summed E-state index contributed by atoms with van der Waals surface area (Å²) in [4.78, 5) is 42.7. The predicted octanol–water partition coefficient (Wildman–Crippen LogP) is 3.10. The molecule has 7 nitrogen and oxygen atoms in total. The summed E-state index contributed by atoms with van der Waals surface area (Å²) in [6.07, 6.45) is 4.45. The zero-order valence-electron chi connectivity index (χ0n) is 15.8. The average Bonchev–Trinajstić information content (AvgIpc) is 3.19. The highest BCUT2D eigenvalue weighted by Gasteiger charge is 2.35. The van der Waals surface area contributed by atoms with E-state index in [9.17, 15) is 14.4 Å². The lowest BCUT2D eigenvalue weighted by Crippen LogP contribution is -2.32. The van der Waals surface area contributed by atoms with Crippen molar-refractivity contribution in [1.29, 1.82) is 0 Å². The molecule has 8 heteroatoms. The van der Waals surface area contributed by atoms with Crippen molar-refractivity contribution in [1.82, 2.24) is 19.6 Å². The maximum absolute atomic E-state index is 12.4. The first-order valence-electron chi connectivity index (χ1n) is 9.29. The van der Waals surface area contributed by atoms with E-state index in [-0.39, 0.29) is 30.7 Å². The van der Waals surface area contributed by atoms with E-state index in [4.69, 9.17) is 0 Å². The maximum atomic E-state index is 12.4. The van der Waals surface area contributed by atoms with Crippen LogP contribution in [-0.4, -0.2) is 38.6 Å². The minimum atomic E-state index is -0.313. The third kappa shape index (κ3) is 3.93. The molecule has 3 aromatic rings. The van der Waals surface area contributed by atoms with Crippen LogP contribution in [0.4, 0.5) is 0 Å². The van der Waals surface area contributed by atoms with E-state index in [0.29, 0.717) is 24.1 Å². The van der Waals surface area contributed by atoms with Crippen molar-refractivity contribution >= 4 is 39.3 Å². The number of imide groups is 1. The molecule has 1 aliphatic heterocycles. The third-order valence-electron chi connectivity index (χ3n) is 4.85. The van der Waals surface area contributed by atoms with E-state index in [0.717, 1.165) is 21.4 Å². The first kappa shape index (κ1) is 19.3. The number of carbonyl (C=O) groups excluding carboxylic acids is 3. The molecule has 0 spiro atoms. The van der Waals surface area contributed by atoms with Crippen molar-refractivity contribution in [2.45, 2.75) is 26.3 Å². The second-order valence-electron chi connectivity index (χ2n) is 7.03. The molecule has 4 rings (SSSR count). The molecule has 0 aliphatic carbocycles. The highest BCUT2D eigenvalue weighted by molar-refractivity contribution is 9.10. The van der Waals surface area contributed by atoms with Gasteiger partial charge < -0.3 is 9.72 Å². The number of aryl methyl sites for hydroxylation is 1. The molecule has 1 aliphatic rings. The van der Waals surface area contributed by atoms with Crippen molar-refractivity contribution < 1.29 is 14.4 Å². The van der Waals surface area contributed by atoms with Gasteiger partial charge in [-0.15, -0.1) is 0 Å². The van der Waals surface area contributed by atoms with Crippen LogP contribution in [0.15, 0.2) is 47.2 Å². The van der Waals surface area contributed by atoms with Crippen LogP contribution in [0, 0.1) is 6.92 Å². The molecule has 148 valence electrons. The molecule has 0 atom stereocenters. The molecule has 0 saturated carbocycles. The fourth-order valence-electron chi connectivity index (χ4n) is 3.36. The highest BCUT2D eigenvalue weighted by atomic mass is 79.9. The molecule has 3 heterocycles. The molecular formula is C21H19BrN4O3. The normalized spacial score (nSPS) is 13.2. The van der Waals surface area contributed by atoms with E-state index in [1.54, 1.807) is 18.2 Å². The first-order chi connectivity index (χ1) is 13.9. The number of benzene rings is 1. The van der Waals surface area contributed by atoms with E-state index >= 15 is 0 Å². The van der Waals surface area contributed by atoms with Gasteiger partial charge in [0.1, 0.15) is 5.65 Å². The van der Waals surface area contributed by atoms with Crippen molar-refractivity contribution in [3.05, 3.63) is 69.6 Å². The standard InChI is InChI=1S/C21H19BrN4O3/c1-13-6-8-25-12-15(24-18(25)9-13)11-23-19(27)3-2-7-26-20(28)16-5-4-14(22)10-17(16)21(26)29/h4-6,8-10,12H,2-3,7,11H2,1H3,(H,23,27). The van der Waals surface area contributed by atoms with Crippen LogP contribution >= 0.6 is 15.9 Å². The molecule has 1 aromatic carbocycles. The van der Waals surface area contributed by atoms with E-state index in [1.165, 1.54) is 4.90 Å². The zero-order chi connectivity index (χ0) is 20.5. The highest BCUT2D eigenvalue weighted by Crippen LogP contribution is 2.26. The number of hydrogen-bond donors (Lipinski definition) is 1. The van der Waals surface area contributed by atoms with Crippen LogP contribution in [0.5, 0.6) is 0 Å². The van der Waals surface area contributed by atoms with E-state index in [2.05, 4.69) is 26.2 Å². The van der Waals surface area contributed by atoms with Crippen molar-refractivity contribution in [2.24, 2.45) is 0 Å². The Labute approximate surface area is 175 Å². The lowest BCUT2D eigenvalue weighted by molar-refractivity contribution is -0.121. The Morgan fingerprint density at radius 2 is 1.93 bits per heavy atom. The minimum absolute atomic E-state index is 0.141. The van der Waals surface area contributed by atoms with Crippen molar-refractivity contribution in [3.63, 3.8) is 0 Å². The topological polar surface area (TPSA) is 83.8 Å². The van der Waals surface area contributed by atoms with Gasteiger partial charge in [0.05, 0.1) is 23.4 Å². The minimum Gasteiger partial charge on any atom is -0.350 e. The Balaban J connectivity index is 1.28. The number of imidazole rings is 1. The first-order valence-corrected chi connectivity index (χ1v) is 10.1. The van der Waals surface area contributed by atoms with Gasteiger partial charge in [0.2, 0.25) is 5.91 Å². The summed E-state index contributed by atoms with van der Waals surface area (Å²) in [6, 6.07) is 9.00. The summed E-state index contributed by atoms with van der Waals surface area (Å²) in [6.45, 7) is 2.55. The Morgan fingerprint density at radius 1 is 1.14 bits per heavy atom. The predicted molar refractivity (Wildman–Crippen MR) is 111 cm³/mol. The van der Waals surface area contributed by atoms with E-state index < -0.39 is 0 Å². The van der Waals surface area contributed by atoms with Gasteiger partial charge in [-0.2, -0.15) is 0 Å². The third-order valence-corrected chi connectivity index (χ3v) is 5.34. The number of aromatic nitrogens is 2. The number of pyridine rings is 1. The number of hydrogen-bond acceptors (Lipinski definition) is 4. The molecule has 0 fully saturated rings. The zero-order valence-corrected chi connectivity index (χ0v) is 17.4. The number of amides is 3. The summed E-state index contributed by atoms with van der Waals surface area (Å²) < 4.78 is 2.66. The number of halogens is 1. The number of nitrogens with zero attached hydrogens (tertiary/aromatic N) is 3. The molecule has 29 heavy (non-hydrogen) atoms. The smallest absolute Gasteiger partial charge is 0.261 e. The van der Waals surface area contributed by atoms with Gasteiger partial charge in [-0.25, -0.2) is 4.98 Å². The summed E-state index contributed by atoms with van der Waals surface area (Å²) in [7, 11) is 0. The van der Waals surface area contributed by atoms with Crippen LogP contribution in [0.25, 0.3) is 5.65 Å². The fraction of sp³-hybridized carbons (Fsp3) is 0.238. The Bertz CT molecular complexity index is 1140. The van der Waals surface area contributed by atoms with Gasteiger partial charge in [0, 0.05) is 29.8 Å². The Kier molecular flexibility index (Phi) is 5.19. The molecule has 0 saturated heterocycles. The van der Waals surface area contributed by atoms with Crippen LogP contribution in [0.1, 0.15) is 44.8 Å². The molecule has 0 bridgehead atoms. The van der Waals surface area contributed by atoms with Gasteiger partial charge in [-0.1, -0.05) is 15.9 Å². The maximum Gasteiger partial charge on any atom is 0.261 e. The second kappa shape index (κ2) is 7.79. The van der Waals surface area contributed by atoms with Gasteiger partial charge in [0.15, 0.2) is 0 Å². The number of nitrogens with one attached hydrogen (secondary N) is 1. The van der Waals surface area contributed by atoms with Crippen LogP contribution in [0.2, 0.25) is 0 Å². The second-order valence-corrected chi connectivity index (χ2v) is 7.95. The fourth-order valence-corrected chi connectivity index (χ4v) is 3.72. The summed E-state index contributed by atoms with van der Waals surface area (Å²) >= 11 is 3.31. The lowest BCUT2D eigenvalue weighted by atomic mass is 10.1. The van der Waals surface area contributed by atoms with Gasteiger partial charge >= 0.3 is 0 Å². The Morgan fingerprint density at radius 3 is 2.76 bits per heavy atom. The lowest BCUT2D eigenvalue weighted by Gasteiger charge is -2.13. The van der Waals surface area contributed by atoms with Crippen molar-refractivity contribution in [3.8, 4) is 0 Å². The summed E-state index contributed by atoms with van der Waals surface area (Å²) in [5.74, 6) is -0.762. The number of fused-ring (bicyclic) bond motifs is 2. The van der Waals surface area contributed by atoms with Crippen LogP contribution in [0.3, 0.4) is 0 Å². The van der Waals surface area contributed by atoms with Gasteiger partial charge in [0.25, 0.3) is 11.8 Å². The average molecular weight is 455 g/mol. The SMILES string of the molecule is Cc1ccn2cc(CNC(=O)CCCN3C(=O)c4ccc(Br)cc4C3=O)nc2c1. The summed E-state index contributed by atoms with van der Waals surface area (Å²) in [5.41, 5.74) is 3.54. The van der Waals surface area contributed by atoms with Crippen LogP contribution in [-0.2, 0) is 11.3 Å². The molecule has 0 unspecified atom stereocenters.